The number of rotatable bonds is 8. The molecule has 0 bridgehead atoms. The lowest BCUT2D eigenvalue weighted by Gasteiger charge is -2.27. The maximum absolute atomic E-state index is 9.81. The molecule has 2 heterocycles. The third kappa shape index (κ3) is 5.64. The average molecular weight is 421 g/mol. The highest BCUT2D eigenvalue weighted by molar-refractivity contribution is 6.30. The predicted octanol–water partition coefficient (Wildman–Crippen LogP) is 4.61. The summed E-state index contributed by atoms with van der Waals surface area (Å²) in [6.07, 6.45) is 3.48. The molecule has 1 aromatic carbocycles. The Morgan fingerprint density at radius 1 is 1.13 bits per heavy atom. The lowest BCUT2D eigenvalue weighted by atomic mass is 10.0. The molecule has 1 unspecified atom stereocenters. The second kappa shape index (κ2) is 10.3. The number of aryl methyl sites for hydroxylation is 1. The molecule has 0 aliphatic rings. The third-order valence-electron chi connectivity index (χ3n) is 5.15. The van der Waals surface area contributed by atoms with Gasteiger partial charge in [-0.25, -0.2) is 0 Å². The van der Waals surface area contributed by atoms with Crippen molar-refractivity contribution in [1.82, 2.24) is 14.9 Å². The number of pyridine rings is 2. The minimum atomic E-state index is -0.104. The van der Waals surface area contributed by atoms with Crippen LogP contribution in [0.4, 0.5) is 0 Å². The highest BCUT2D eigenvalue weighted by Crippen LogP contribution is 2.22. The maximum Gasteiger partial charge on any atom is 0.0991 e. The first kappa shape index (κ1) is 21.9. The van der Waals surface area contributed by atoms with Gasteiger partial charge < -0.3 is 5.11 Å². The molecule has 30 heavy (non-hydrogen) atoms. The predicted molar refractivity (Wildman–Crippen MR) is 118 cm³/mol. The van der Waals surface area contributed by atoms with E-state index in [1.165, 1.54) is 0 Å². The molecule has 0 amide bonds. The topological polar surface area (TPSA) is 73.0 Å². The van der Waals surface area contributed by atoms with Crippen LogP contribution in [-0.4, -0.2) is 26.5 Å². The Balaban J connectivity index is 1.88. The van der Waals surface area contributed by atoms with Gasteiger partial charge in [-0.2, -0.15) is 5.26 Å². The Morgan fingerprint density at radius 2 is 1.97 bits per heavy atom. The Kier molecular flexibility index (Phi) is 7.53. The second-order valence-corrected chi connectivity index (χ2v) is 7.93. The quantitative estimate of drug-likeness (QED) is 0.576. The summed E-state index contributed by atoms with van der Waals surface area (Å²) in [4.78, 5) is 11.3. The van der Waals surface area contributed by atoms with Crippen molar-refractivity contribution in [2.45, 2.75) is 39.5 Å². The van der Waals surface area contributed by atoms with Crippen molar-refractivity contribution >= 4 is 11.6 Å². The number of aromatic nitrogens is 2. The van der Waals surface area contributed by atoms with Crippen LogP contribution in [0.5, 0.6) is 0 Å². The van der Waals surface area contributed by atoms with E-state index in [4.69, 9.17) is 16.9 Å². The molecule has 1 atom stereocenters. The Labute approximate surface area is 182 Å². The van der Waals surface area contributed by atoms with Gasteiger partial charge in [0.15, 0.2) is 0 Å². The number of hydrogen-bond donors (Lipinski definition) is 1. The molecule has 3 rings (SSSR count). The molecule has 0 fully saturated rings. The fourth-order valence-electron chi connectivity index (χ4n) is 3.52. The van der Waals surface area contributed by atoms with E-state index in [0.717, 1.165) is 34.6 Å². The van der Waals surface area contributed by atoms with Crippen LogP contribution in [0.25, 0.3) is 0 Å². The summed E-state index contributed by atoms with van der Waals surface area (Å²) in [5.41, 5.74) is 5.35. The first-order valence-corrected chi connectivity index (χ1v) is 10.2. The molecule has 154 valence electrons. The van der Waals surface area contributed by atoms with E-state index in [2.05, 4.69) is 27.9 Å². The summed E-state index contributed by atoms with van der Waals surface area (Å²) in [5, 5.41) is 19.6. The molecule has 0 saturated heterocycles. The van der Waals surface area contributed by atoms with Gasteiger partial charge >= 0.3 is 0 Å². The van der Waals surface area contributed by atoms with Crippen molar-refractivity contribution in [3.05, 3.63) is 93.5 Å². The monoisotopic (exact) mass is 420 g/mol. The highest BCUT2D eigenvalue weighted by atomic mass is 35.5. The largest absolute Gasteiger partial charge is 0.392 e. The molecule has 2 aromatic heterocycles. The summed E-state index contributed by atoms with van der Waals surface area (Å²) in [6, 6.07) is 15.5. The molecule has 5 nitrogen and oxygen atoms in total. The Morgan fingerprint density at radius 3 is 2.63 bits per heavy atom. The van der Waals surface area contributed by atoms with E-state index in [0.29, 0.717) is 23.7 Å². The van der Waals surface area contributed by atoms with E-state index in [1.54, 1.807) is 18.3 Å². The van der Waals surface area contributed by atoms with Crippen LogP contribution in [0.15, 0.2) is 54.9 Å². The van der Waals surface area contributed by atoms with Crippen LogP contribution in [0.1, 0.15) is 46.5 Å². The number of benzene rings is 1. The van der Waals surface area contributed by atoms with Gasteiger partial charge in [-0.15, -0.1) is 0 Å². The molecule has 6 heteroatoms. The van der Waals surface area contributed by atoms with E-state index in [-0.39, 0.29) is 12.5 Å². The van der Waals surface area contributed by atoms with Crippen molar-refractivity contribution < 1.29 is 5.11 Å². The van der Waals surface area contributed by atoms with Crippen LogP contribution in [0, 0.1) is 18.3 Å². The highest BCUT2D eigenvalue weighted by Gasteiger charge is 2.17. The third-order valence-corrected chi connectivity index (χ3v) is 5.36. The maximum atomic E-state index is 9.81. The molecule has 0 aliphatic carbocycles. The molecule has 0 radical (unpaired) electrons. The lowest BCUT2D eigenvalue weighted by Crippen LogP contribution is -2.28. The molecule has 0 spiro atoms. The molecular weight excluding hydrogens is 396 g/mol. The zero-order valence-corrected chi connectivity index (χ0v) is 18.0. The molecule has 0 saturated carbocycles. The Bertz CT molecular complexity index is 1030. The summed E-state index contributed by atoms with van der Waals surface area (Å²) >= 11 is 6.08. The molecular formula is C24H25ClN4O. The van der Waals surface area contributed by atoms with Crippen molar-refractivity contribution in [3.8, 4) is 6.07 Å². The van der Waals surface area contributed by atoms with Crippen LogP contribution >= 0.6 is 11.6 Å². The van der Waals surface area contributed by atoms with Crippen LogP contribution < -0.4 is 0 Å². The number of halogens is 1. The van der Waals surface area contributed by atoms with E-state index in [1.807, 2.05) is 43.5 Å². The smallest absolute Gasteiger partial charge is 0.0991 e. The van der Waals surface area contributed by atoms with Gasteiger partial charge in [0.2, 0.25) is 0 Å². The van der Waals surface area contributed by atoms with Crippen molar-refractivity contribution in [1.29, 1.82) is 5.26 Å². The number of nitrogens with zero attached hydrogens (tertiary/aromatic N) is 4. The number of aliphatic hydroxyl groups excluding tert-OH is 1. The number of hydrogen-bond acceptors (Lipinski definition) is 5. The first-order valence-electron chi connectivity index (χ1n) is 9.87. The minimum absolute atomic E-state index is 0.104. The first-order chi connectivity index (χ1) is 14.5. The Hall–Kier alpha value is -2.78. The van der Waals surface area contributed by atoms with E-state index in [9.17, 15) is 5.11 Å². The number of aliphatic hydroxyl groups is 1. The molecule has 3 aromatic rings. The van der Waals surface area contributed by atoms with Crippen LogP contribution in [0.3, 0.4) is 0 Å². The second-order valence-electron chi connectivity index (χ2n) is 7.50. The van der Waals surface area contributed by atoms with Crippen molar-refractivity contribution in [3.63, 3.8) is 0 Å². The van der Waals surface area contributed by atoms with Gasteiger partial charge in [-0.3, -0.25) is 14.9 Å². The van der Waals surface area contributed by atoms with Crippen LogP contribution in [0.2, 0.25) is 5.02 Å². The van der Waals surface area contributed by atoms with Crippen molar-refractivity contribution in [2.24, 2.45) is 0 Å². The zero-order chi connectivity index (χ0) is 21.5. The normalized spacial score (nSPS) is 12.0. The van der Waals surface area contributed by atoms with E-state index < -0.39 is 0 Å². The fraction of sp³-hybridized carbons (Fsp3) is 0.292. The van der Waals surface area contributed by atoms with Crippen LogP contribution in [-0.2, 0) is 19.7 Å². The van der Waals surface area contributed by atoms with Gasteiger partial charge in [0, 0.05) is 43.6 Å². The van der Waals surface area contributed by atoms with E-state index >= 15 is 0 Å². The van der Waals surface area contributed by atoms with Crippen molar-refractivity contribution in [2.75, 3.05) is 6.54 Å². The summed E-state index contributed by atoms with van der Waals surface area (Å²) < 4.78 is 0. The zero-order valence-electron chi connectivity index (χ0n) is 17.2. The van der Waals surface area contributed by atoms with Gasteiger partial charge in [-0.1, -0.05) is 30.7 Å². The fourth-order valence-corrected chi connectivity index (χ4v) is 3.73. The van der Waals surface area contributed by atoms with Gasteiger partial charge in [0.05, 0.1) is 29.0 Å². The summed E-state index contributed by atoms with van der Waals surface area (Å²) in [5.74, 6) is 0.217. The summed E-state index contributed by atoms with van der Waals surface area (Å²) in [6.45, 7) is 6.10. The molecule has 0 aliphatic heterocycles. The lowest BCUT2D eigenvalue weighted by molar-refractivity contribution is 0.233. The molecule has 1 N–H and O–H groups in total. The van der Waals surface area contributed by atoms with Gasteiger partial charge in [0.1, 0.15) is 0 Å². The summed E-state index contributed by atoms with van der Waals surface area (Å²) in [7, 11) is 0. The van der Waals surface area contributed by atoms with Gasteiger partial charge in [-0.05, 0) is 53.9 Å². The standard InChI is InChI=1S/C24H25ClN4O/c1-17-9-22(25)12-28-24(17)15-29(13-18(2)23-5-3-4-8-27-23)14-20-7-6-19(11-26)10-21(20)16-30/h3-10,12,18,30H,13-16H2,1-2H3. The SMILES string of the molecule is Cc1cc(Cl)cnc1CN(Cc1ccc(C#N)cc1CO)CC(C)c1ccccn1. The minimum Gasteiger partial charge on any atom is -0.392 e. The number of nitriles is 1. The average Bonchev–Trinajstić information content (AvgIpc) is 2.76. The van der Waals surface area contributed by atoms with Gasteiger partial charge in [0.25, 0.3) is 0 Å².